The van der Waals surface area contributed by atoms with Crippen LogP contribution in [-0.2, 0) is 28.6 Å². The van der Waals surface area contributed by atoms with Gasteiger partial charge in [-0.2, -0.15) is 0 Å². The number of hydrogen-bond donors (Lipinski definition) is 0. The van der Waals surface area contributed by atoms with Gasteiger partial charge in [-0.3, -0.25) is 14.4 Å². The number of allylic oxidation sites excluding steroid dienone is 14. The van der Waals surface area contributed by atoms with Crippen LogP contribution in [0.4, 0.5) is 0 Å². The Labute approximate surface area is 420 Å². The van der Waals surface area contributed by atoms with Gasteiger partial charge in [-0.05, 0) is 116 Å². The summed E-state index contributed by atoms with van der Waals surface area (Å²) in [6.45, 7) is 6.48. The van der Waals surface area contributed by atoms with Crippen molar-refractivity contribution in [2.45, 2.75) is 277 Å². The summed E-state index contributed by atoms with van der Waals surface area (Å²) in [6, 6.07) is 0. The van der Waals surface area contributed by atoms with E-state index in [4.69, 9.17) is 14.2 Å². The summed E-state index contributed by atoms with van der Waals surface area (Å²) in [7, 11) is 0. The zero-order valence-corrected chi connectivity index (χ0v) is 44.6. The van der Waals surface area contributed by atoms with E-state index in [1.54, 1.807) is 0 Å². The molecule has 68 heavy (non-hydrogen) atoms. The SMILES string of the molecule is CC/C=C\C/C=C\C/C=C\C/C=C\C/C=C\CCCCCC(=O)OCC(COC(=O)CCCCC/C=C\CCCCCCCC)OC(=O)CCCCCCC/C=C\CCCCCCCCCCC. The van der Waals surface area contributed by atoms with Crippen molar-refractivity contribution in [2.75, 3.05) is 13.2 Å². The molecule has 0 N–H and O–H groups in total. The van der Waals surface area contributed by atoms with Crippen molar-refractivity contribution < 1.29 is 28.6 Å². The van der Waals surface area contributed by atoms with Gasteiger partial charge in [0.1, 0.15) is 13.2 Å². The van der Waals surface area contributed by atoms with Gasteiger partial charge in [0.05, 0.1) is 0 Å². The molecule has 0 aliphatic carbocycles. The minimum atomic E-state index is -0.801. The summed E-state index contributed by atoms with van der Waals surface area (Å²) in [5.74, 6) is -0.949. The number of ether oxygens (including phenoxy) is 3. The lowest BCUT2D eigenvalue weighted by molar-refractivity contribution is -0.167. The second-order valence-corrected chi connectivity index (χ2v) is 18.8. The van der Waals surface area contributed by atoms with Crippen LogP contribution < -0.4 is 0 Å². The zero-order valence-electron chi connectivity index (χ0n) is 44.6. The minimum Gasteiger partial charge on any atom is -0.462 e. The Balaban J connectivity index is 4.46. The number of carbonyl (C=O) groups is 3. The third-order valence-corrected chi connectivity index (χ3v) is 12.1. The molecule has 0 bridgehead atoms. The predicted octanol–water partition coefficient (Wildman–Crippen LogP) is 19.2. The highest BCUT2D eigenvalue weighted by molar-refractivity contribution is 5.71. The summed E-state index contributed by atoms with van der Waals surface area (Å²) in [5.41, 5.74) is 0. The molecule has 0 fully saturated rings. The molecular weight excluding hydrogens is 841 g/mol. The molecule has 0 heterocycles. The van der Waals surface area contributed by atoms with Crippen LogP contribution in [0, 0.1) is 0 Å². The van der Waals surface area contributed by atoms with Gasteiger partial charge in [-0.1, -0.05) is 221 Å². The van der Waals surface area contributed by atoms with E-state index in [9.17, 15) is 14.4 Å². The Hall–Kier alpha value is -3.41. The Bertz CT molecular complexity index is 1320. The van der Waals surface area contributed by atoms with Gasteiger partial charge >= 0.3 is 17.9 Å². The molecule has 6 heteroatoms. The molecule has 0 radical (unpaired) electrons. The summed E-state index contributed by atoms with van der Waals surface area (Å²) in [6.07, 6.45) is 72.9. The first-order valence-corrected chi connectivity index (χ1v) is 28.6. The molecular formula is C62H106O6. The fourth-order valence-corrected chi connectivity index (χ4v) is 7.81. The maximum absolute atomic E-state index is 12.9. The van der Waals surface area contributed by atoms with Gasteiger partial charge in [0.15, 0.2) is 6.10 Å². The summed E-state index contributed by atoms with van der Waals surface area (Å²) in [5, 5.41) is 0. The molecule has 0 aromatic rings. The number of rotatable bonds is 51. The molecule has 0 amide bonds. The van der Waals surface area contributed by atoms with Gasteiger partial charge in [0.25, 0.3) is 0 Å². The zero-order chi connectivity index (χ0) is 49.3. The van der Waals surface area contributed by atoms with E-state index in [1.807, 2.05) is 0 Å². The number of hydrogen-bond acceptors (Lipinski definition) is 6. The molecule has 0 saturated carbocycles. The van der Waals surface area contributed by atoms with Gasteiger partial charge in [0.2, 0.25) is 0 Å². The Morgan fingerprint density at radius 2 is 0.574 bits per heavy atom. The molecule has 0 saturated heterocycles. The van der Waals surface area contributed by atoms with Gasteiger partial charge in [-0.25, -0.2) is 0 Å². The van der Waals surface area contributed by atoms with Crippen LogP contribution in [0.15, 0.2) is 85.1 Å². The Morgan fingerprint density at radius 3 is 0.926 bits per heavy atom. The van der Waals surface area contributed by atoms with Gasteiger partial charge in [-0.15, -0.1) is 0 Å². The fraction of sp³-hybridized carbons (Fsp3) is 0.726. The monoisotopic (exact) mass is 947 g/mol. The third-order valence-electron chi connectivity index (χ3n) is 12.1. The molecule has 0 rings (SSSR count). The average molecular weight is 948 g/mol. The fourth-order valence-electron chi connectivity index (χ4n) is 7.81. The van der Waals surface area contributed by atoms with Crippen molar-refractivity contribution in [2.24, 2.45) is 0 Å². The lowest BCUT2D eigenvalue weighted by Crippen LogP contribution is -2.30. The highest BCUT2D eigenvalue weighted by Gasteiger charge is 2.19. The standard InChI is InChI=1S/C62H106O6/c1-4-7-10-13-16-19-22-25-27-29-31-33-34-37-40-43-46-49-52-55-61(64)67-58-59(57-66-60(63)54-51-48-45-42-39-36-24-21-18-15-12-9-6-3)68-62(65)56-53-50-47-44-41-38-35-32-30-28-26-23-20-17-14-11-8-5-2/h7,10,16,19,25,27,31-33,35-37,39-40,59H,4-6,8-9,11-15,17-18,20-24,26,28-30,34,38,41-58H2,1-3H3/b10-7-,19-16-,27-25-,33-31-,35-32-,39-36-,40-37-. The van der Waals surface area contributed by atoms with Crippen LogP contribution in [0.2, 0.25) is 0 Å². The maximum Gasteiger partial charge on any atom is 0.306 e. The topological polar surface area (TPSA) is 78.9 Å². The van der Waals surface area contributed by atoms with Crippen LogP contribution in [0.1, 0.15) is 271 Å². The van der Waals surface area contributed by atoms with E-state index < -0.39 is 6.10 Å². The maximum atomic E-state index is 12.9. The first kappa shape index (κ1) is 64.6. The molecule has 0 spiro atoms. The molecule has 1 atom stereocenters. The highest BCUT2D eigenvalue weighted by atomic mass is 16.6. The van der Waals surface area contributed by atoms with Crippen LogP contribution in [0.5, 0.6) is 0 Å². The van der Waals surface area contributed by atoms with E-state index in [2.05, 4.69) is 106 Å². The normalized spacial score (nSPS) is 12.7. The van der Waals surface area contributed by atoms with Crippen molar-refractivity contribution in [1.29, 1.82) is 0 Å². The van der Waals surface area contributed by atoms with Gasteiger partial charge in [0, 0.05) is 19.3 Å². The molecule has 390 valence electrons. The van der Waals surface area contributed by atoms with Crippen LogP contribution in [0.3, 0.4) is 0 Å². The third kappa shape index (κ3) is 53.5. The van der Waals surface area contributed by atoms with Crippen molar-refractivity contribution in [3.63, 3.8) is 0 Å². The first-order valence-electron chi connectivity index (χ1n) is 28.6. The second kappa shape index (κ2) is 56.2. The molecule has 0 aromatic heterocycles. The smallest absolute Gasteiger partial charge is 0.306 e. The molecule has 6 nitrogen and oxygen atoms in total. The molecule has 0 aromatic carbocycles. The van der Waals surface area contributed by atoms with Gasteiger partial charge < -0.3 is 14.2 Å². The quantitative estimate of drug-likeness (QED) is 0.0262. The van der Waals surface area contributed by atoms with Crippen LogP contribution in [-0.4, -0.2) is 37.2 Å². The summed E-state index contributed by atoms with van der Waals surface area (Å²) < 4.78 is 16.8. The highest BCUT2D eigenvalue weighted by Crippen LogP contribution is 2.14. The lowest BCUT2D eigenvalue weighted by atomic mass is 10.1. The molecule has 0 aliphatic rings. The van der Waals surface area contributed by atoms with Crippen molar-refractivity contribution in [3.8, 4) is 0 Å². The molecule has 1 unspecified atom stereocenters. The van der Waals surface area contributed by atoms with Crippen LogP contribution in [0.25, 0.3) is 0 Å². The largest absolute Gasteiger partial charge is 0.462 e. The number of carbonyl (C=O) groups excluding carboxylic acids is 3. The van der Waals surface area contributed by atoms with Crippen LogP contribution >= 0.6 is 0 Å². The van der Waals surface area contributed by atoms with Crippen molar-refractivity contribution >= 4 is 17.9 Å². The van der Waals surface area contributed by atoms with E-state index >= 15 is 0 Å². The number of unbranched alkanes of at least 4 members (excludes halogenated alkanes) is 26. The Morgan fingerprint density at radius 1 is 0.309 bits per heavy atom. The molecule has 0 aliphatic heterocycles. The first-order chi connectivity index (χ1) is 33.5. The number of esters is 3. The van der Waals surface area contributed by atoms with E-state index in [1.165, 1.54) is 109 Å². The van der Waals surface area contributed by atoms with E-state index in [0.29, 0.717) is 19.3 Å². The Kier molecular flexibility index (Phi) is 53.4. The van der Waals surface area contributed by atoms with E-state index in [0.717, 1.165) is 122 Å². The van der Waals surface area contributed by atoms with Crippen molar-refractivity contribution in [3.05, 3.63) is 85.1 Å². The van der Waals surface area contributed by atoms with Crippen molar-refractivity contribution in [1.82, 2.24) is 0 Å². The van der Waals surface area contributed by atoms with E-state index in [-0.39, 0.29) is 31.1 Å². The second-order valence-electron chi connectivity index (χ2n) is 18.8. The minimum absolute atomic E-state index is 0.0983. The average Bonchev–Trinajstić information content (AvgIpc) is 3.34. The lowest BCUT2D eigenvalue weighted by Gasteiger charge is -2.18. The predicted molar refractivity (Wildman–Crippen MR) is 293 cm³/mol. The summed E-state index contributed by atoms with van der Waals surface area (Å²) >= 11 is 0. The summed E-state index contributed by atoms with van der Waals surface area (Å²) in [4.78, 5) is 38.1.